The largest absolute Gasteiger partial charge is 0.456 e. The highest BCUT2D eigenvalue weighted by molar-refractivity contribution is 6.30. The van der Waals surface area contributed by atoms with Crippen LogP contribution in [0.1, 0.15) is 36.5 Å². The van der Waals surface area contributed by atoms with Gasteiger partial charge in [-0.1, -0.05) is 66.2 Å². The van der Waals surface area contributed by atoms with E-state index in [2.05, 4.69) is 5.32 Å². The number of benzene rings is 2. The molecule has 1 N–H and O–H groups in total. The zero-order valence-electron chi connectivity index (χ0n) is 15.6. The number of esters is 1. The van der Waals surface area contributed by atoms with Crippen molar-refractivity contribution in [1.82, 2.24) is 5.32 Å². The van der Waals surface area contributed by atoms with Crippen molar-refractivity contribution in [1.29, 1.82) is 0 Å². The molecular weight excluding hydrogens is 374 g/mol. The van der Waals surface area contributed by atoms with Crippen LogP contribution < -0.4 is 5.32 Å². The first-order chi connectivity index (χ1) is 13.6. The number of hydrogen-bond acceptors (Lipinski definition) is 3. The van der Waals surface area contributed by atoms with Crippen LogP contribution >= 0.6 is 11.6 Å². The number of halogens is 1. The third-order valence-corrected chi connectivity index (χ3v) is 5.03. The number of amides is 1. The molecule has 3 rings (SSSR count). The minimum Gasteiger partial charge on any atom is -0.456 e. The predicted molar refractivity (Wildman–Crippen MR) is 110 cm³/mol. The second-order valence-electron chi connectivity index (χ2n) is 6.91. The Balaban J connectivity index is 1.75. The van der Waals surface area contributed by atoms with Gasteiger partial charge in [0.2, 0.25) is 5.91 Å². The molecule has 0 bridgehead atoms. The zero-order chi connectivity index (χ0) is 19.8. The summed E-state index contributed by atoms with van der Waals surface area (Å²) in [4.78, 5) is 25.0. The Hall–Kier alpha value is -2.59. The Labute approximate surface area is 170 Å². The number of carbonyl (C=O) groups excluding carboxylic acids is 2. The molecule has 2 aromatic carbocycles. The molecule has 0 unspecified atom stereocenters. The van der Waals surface area contributed by atoms with Crippen LogP contribution in [0.2, 0.25) is 5.02 Å². The van der Waals surface area contributed by atoms with Crippen molar-refractivity contribution in [2.24, 2.45) is 5.92 Å². The molecule has 146 valence electrons. The van der Waals surface area contributed by atoms with Crippen LogP contribution in [-0.4, -0.2) is 18.4 Å². The topological polar surface area (TPSA) is 55.4 Å². The monoisotopic (exact) mass is 397 g/mol. The van der Waals surface area contributed by atoms with E-state index in [1.807, 2.05) is 66.7 Å². The quantitative estimate of drug-likeness (QED) is 0.606. The van der Waals surface area contributed by atoms with Crippen LogP contribution in [0.5, 0.6) is 0 Å². The molecule has 4 nitrogen and oxygen atoms in total. The van der Waals surface area contributed by atoms with Gasteiger partial charge in [0, 0.05) is 17.4 Å². The van der Waals surface area contributed by atoms with Gasteiger partial charge >= 0.3 is 5.97 Å². The van der Waals surface area contributed by atoms with Gasteiger partial charge in [-0.3, -0.25) is 9.59 Å². The van der Waals surface area contributed by atoms with Crippen molar-refractivity contribution >= 4 is 23.5 Å². The maximum absolute atomic E-state index is 12.8. The first-order valence-corrected chi connectivity index (χ1v) is 9.91. The molecule has 0 fully saturated rings. The summed E-state index contributed by atoms with van der Waals surface area (Å²) >= 11 is 5.96. The Bertz CT molecular complexity index is 818. The SMILES string of the molecule is O=C1CC/C=C/C[C@@H](Cc2ccc(Cl)cc2)C(=O)NC[C@@H](c2ccccc2)O1. The van der Waals surface area contributed by atoms with Crippen LogP contribution in [0, 0.1) is 5.92 Å². The minimum atomic E-state index is -0.489. The number of nitrogens with one attached hydrogen (secondary N) is 1. The molecule has 0 saturated heterocycles. The lowest BCUT2D eigenvalue weighted by atomic mass is 9.94. The van der Waals surface area contributed by atoms with Gasteiger partial charge in [-0.2, -0.15) is 0 Å². The summed E-state index contributed by atoms with van der Waals surface area (Å²) in [6.07, 6.45) is 5.62. The van der Waals surface area contributed by atoms with Crippen molar-refractivity contribution in [2.75, 3.05) is 6.54 Å². The summed E-state index contributed by atoms with van der Waals surface area (Å²) in [5.41, 5.74) is 1.94. The summed E-state index contributed by atoms with van der Waals surface area (Å²) in [5.74, 6) is -0.493. The molecule has 1 heterocycles. The first kappa shape index (κ1) is 20.2. The molecule has 0 aliphatic carbocycles. The maximum atomic E-state index is 12.8. The van der Waals surface area contributed by atoms with E-state index in [9.17, 15) is 9.59 Å². The number of cyclic esters (lactones) is 1. The second-order valence-corrected chi connectivity index (χ2v) is 7.34. The summed E-state index contributed by atoms with van der Waals surface area (Å²) in [6.45, 7) is 0.259. The fourth-order valence-electron chi connectivity index (χ4n) is 3.22. The fourth-order valence-corrected chi connectivity index (χ4v) is 3.34. The lowest BCUT2D eigenvalue weighted by Gasteiger charge is -2.22. The highest BCUT2D eigenvalue weighted by Crippen LogP contribution is 2.20. The summed E-state index contributed by atoms with van der Waals surface area (Å²) in [7, 11) is 0. The van der Waals surface area contributed by atoms with Crippen LogP contribution in [0.3, 0.4) is 0 Å². The van der Waals surface area contributed by atoms with Crippen LogP contribution in [0.4, 0.5) is 0 Å². The van der Waals surface area contributed by atoms with Gasteiger partial charge in [-0.15, -0.1) is 0 Å². The number of hydrogen-bond donors (Lipinski definition) is 1. The van der Waals surface area contributed by atoms with Crippen LogP contribution in [-0.2, 0) is 20.7 Å². The molecule has 0 saturated carbocycles. The van der Waals surface area contributed by atoms with Gasteiger partial charge in [0.05, 0.1) is 6.54 Å². The zero-order valence-corrected chi connectivity index (χ0v) is 16.4. The van der Waals surface area contributed by atoms with E-state index < -0.39 is 6.10 Å². The lowest BCUT2D eigenvalue weighted by Crippen LogP contribution is -2.36. The molecule has 1 aliphatic heterocycles. The Morgan fingerprint density at radius 3 is 2.50 bits per heavy atom. The van der Waals surface area contributed by atoms with Gasteiger partial charge < -0.3 is 10.1 Å². The van der Waals surface area contributed by atoms with Crippen molar-refractivity contribution in [3.63, 3.8) is 0 Å². The minimum absolute atomic E-state index is 0.0443. The molecule has 28 heavy (non-hydrogen) atoms. The third-order valence-electron chi connectivity index (χ3n) is 4.78. The van der Waals surface area contributed by atoms with Crippen LogP contribution in [0.25, 0.3) is 0 Å². The number of allylic oxidation sites excluding steroid dienone is 2. The third kappa shape index (κ3) is 5.96. The van der Waals surface area contributed by atoms with Gasteiger partial charge in [0.1, 0.15) is 6.10 Å². The van der Waals surface area contributed by atoms with Crippen molar-refractivity contribution < 1.29 is 14.3 Å². The van der Waals surface area contributed by atoms with Crippen molar-refractivity contribution in [3.05, 3.63) is 82.9 Å². The highest BCUT2D eigenvalue weighted by Gasteiger charge is 2.22. The molecule has 2 aromatic rings. The Morgan fingerprint density at radius 2 is 1.75 bits per heavy atom. The fraction of sp³-hybridized carbons (Fsp3) is 0.304. The Kier molecular flexibility index (Phi) is 7.26. The molecule has 2 atom stereocenters. The van der Waals surface area contributed by atoms with E-state index in [4.69, 9.17) is 16.3 Å². The van der Waals surface area contributed by atoms with E-state index in [1.165, 1.54) is 0 Å². The van der Waals surface area contributed by atoms with Gasteiger partial charge in [-0.25, -0.2) is 0 Å². The number of ether oxygens (including phenoxy) is 1. The molecule has 0 spiro atoms. The Morgan fingerprint density at radius 1 is 1.00 bits per heavy atom. The molecule has 0 aromatic heterocycles. The predicted octanol–water partition coefficient (Wildman–Crippen LogP) is 4.64. The molecule has 0 radical (unpaired) electrons. The van der Waals surface area contributed by atoms with Crippen molar-refractivity contribution in [2.45, 2.75) is 31.8 Å². The average molecular weight is 398 g/mol. The van der Waals surface area contributed by atoms with Crippen molar-refractivity contribution in [3.8, 4) is 0 Å². The molecule has 1 aliphatic rings. The second kappa shape index (κ2) is 10.1. The maximum Gasteiger partial charge on any atom is 0.306 e. The summed E-state index contributed by atoms with van der Waals surface area (Å²) in [6, 6.07) is 17.1. The number of carbonyl (C=O) groups is 2. The number of rotatable bonds is 3. The summed E-state index contributed by atoms with van der Waals surface area (Å²) in [5, 5.41) is 3.66. The standard InChI is InChI=1S/C23H24ClNO3/c24-20-13-11-17(12-14-20)15-19-9-5-2-6-10-22(26)28-21(16-25-23(19)27)18-7-3-1-4-8-18/h1-5,7-8,11-14,19,21H,6,9-10,15-16H2,(H,25,27)/b5-2+/t19-,21-/m0/s1. The highest BCUT2D eigenvalue weighted by atomic mass is 35.5. The molecular formula is C23H24ClNO3. The molecule has 5 heteroatoms. The molecule has 1 amide bonds. The normalized spacial score (nSPS) is 22.3. The first-order valence-electron chi connectivity index (χ1n) is 9.53. The van der Waals surface area contributed by atoms with E-state index in [-0.39, 0.29) is 24.3 Å². The van der Waals surface area contributed by atoms with Gasteiger partial charge in [0.15, 0.2) is 0 Å². The van der Waals surface area contributed by atoms with E-state index in [0.717, 1.165) is 11.1 Å². The van der Waals surface area contributed by atoms with Gasteiger partial charge in [0.25, 0.3) is 0 Å². The van der Waals surface area contributed by atoms with Gasteiger partial charge in [-0.05, 0) is 42.5 Å². The lowest BCUT2D eigenvalue weighted by molar-refractivity contribution is -0.150. The summed E-state index contributed by atoms with van der Waals surface area (Å²) < 4.78 is 5.62. The smallest absolute Gasteiger partial charge is 0.306 e. The average Bonchev–Trinajstić information content (AvgIpc) is 2.71. The van der Waals surface area contributed by atoms with E-state index >= 15 is 0 Å². The van der Waals surface area contributed by atoms with Crippen LogP contribution in [0.15, 0.2) is 66.7 Å². The van der Waals surface area contributed by atoms with E-state index in [1.54, 1.807) is 0 Å². The van der Waals surface area contributed by atoms with E-state index in [0.29, 0.717) is 30.7 Å².